The van der Waals surface area contributed by atoms with E-state index in [-0.39, 0.29) is 31.6 Å². The Balaban J connectivity index is 2.92. The minimum atomic E-state index is -1.57. The summed E-state index contributed by atoms with van der Waals surface area (Å²) < 4.78 is 14.2. The van der Waals surface area contributed by atoms with Gasteiger partial charge in [0.2, 0.25) is 23.6 Å². The molecular formula is C28H39N5O12S. The van der Waals surface area contributed by atoms with Crippen LogP contribution < -0.4 is 26.6 Å². The van der Waals surface area contributed by atoms with Crippen molar-refractivity contribution in [2.45, 2.75) is 63.4 Å². The van der Waals surface area contributed by atoms with Crippen molar-refractivity contribution >= 4 is 60.3 Å². The molecule has 0 fully saturated rings. The molecule has 46 heavy (non-hydrogen) atoms. The summed E-state index contributed by atoms with van der Waals surface area (Å²) in [5, 5.41) is 20.7. The topological polar surface area (TPSA) is 245 Å². The highest BCUT2D eigenvalue weighted by Gasteiger charge is 2.32. The number of benzene rings is 1. The summed E-state index contributed by atoms with van der Waals surface area (Å²) in [6.07, 6.45) is -2.11. The number of carboxylic acids is 1. The summed E-state index contributed by atoms with van der Waals surface area (Å²) >= 11 is 3.86. The third-order valence-corrected chi connectivity index (χ3v) is 6.56. The van der Waals surface area contributed by atoms with E-state index in [0.717, 1.165) is 19.8 Å². The van der Waals surface area contributed by atoms with E-state index in [9.17, 15) is 43.5 Å². The van der Waals surface area contributed by atoms with Gasteiger partial charge in [-0.15, -0.1) is 0 Å². The van der Waals surface area contributed by atoms with Gasteiger partial charge in [-0.25, -0.2) is 9.59 Å². The summed E-state index contributed by atoms with van der Waals surface area (Å²) in [5.74, 6) is -6.89. The molecule has 0 spiro atoms. The summed E-state index contributed by atoms with van der Waals surface area (Å²) in [6.45, 7) is 0.895. The molecule has 0 aromatic heterocycles. The second-order valence-electron chi connectivity index (χ2n) is 9.54. The van der Waals surface area contributed by atoms with Crippen molar-refractivity contribution in [2.75, 3.05) is 26.5 Å². The number of alkyl carbamates (subject to hydrolysis) is 1. The van der Waals surface area contributed by atoms with E-state index in [1.54, 1.807) is 30.3 Å². The molecule has 4 atom stereocenters. The first-order valence-electron chi connectivity index (χ1n) is 14.0. The monoisotopic (exact) mass is 669 g/mol. The SMILES string of the molecule is CC[C@H](NC(=O)[C@H](CCC(=O)OC)NC(=O)CNC(=O)OCc1ccccc1)C(=O)N[C@@H](CC(=O)OC)C(=O)N[C@H](CS)C(=O)O. The lowest BCUT2D eigenvalue weighted by Gasteiger charge is -2.25. The second-order valence-corrected chi connectivity index (χ2v) is 9.91. The van der Waals surface area contributed by atoms with Crippen molar-refractivity contribution in [3.05, 3.63) is 35.9 Å². The molecule has 0 bridgehead atoms. The number of aliphatic carboxylic acids is 1. The van der Waals surface area contributed by atoms with E-state index in [1.807, 2.05) is 0 Å². The van der Waals surface area contributed by atoms with Crippen molar-refractivity contribution in [1.29, 1.82) is 0 Å². The number of carbonyl (C=O) groups excluding carboxylic acids is 7. The molecule has 17 nitrogen and oxygen atoms in total. The van der Waals surface area contributed by atoms with Gasteiger partial charge in [0.15, 0.2) is 0 Å². The van der Waals surface area contributed by atoms with Crippen LogP contribution in [0.5, 0.6) is 0 Å². The van der Waals surface area contributed by atoms with Crippen molar-refractivity contribution in [1.82, 2.24) is 26.6 Å². The lowest BCUT2D eigenvalue weighted by molar-refractivity contribution is -0.145. The Morgan fingerprint density at radius 1 is 0.783 bits per heavy atom. The highest BCUT2D eigenvalue weighted by molar-refractivity contribution is 7.80. The van der Waals surface area contributed by atoms with Crippen LogP contribution in [0.2, 0.25) is 0 Å². The number of nitrogens with one attached hydrogen (secondary N) is 5. The number of amides is 5. The summed E-state index contributed by atoms with van der Waals surface area (Å²) in [4.78, 5) is 98.4. The van der Waals surface area contributed by atoms with Crippen LogP contribution in [-0.4, -0.2) is 103 Å². The molecule has 254 valence electrons. The zero-order valence-corrected chi connectivity index (χ0v) is 26.4. The van der Waals surface area contributed by atoms with Gasteiger partial charge in [0.1, 0.15) is 37.3 Å². The van der Waals surface area contributed by atoms with Crippen LogP contribution in [0.3, 0.4) is 0 Å². The van der Waals surface area contributed by atoms with Crippen LogP contribution in [0.1, 0.15) is 38.2 Å². The summed E-state index contributed by atoms with van der Waals surface area (Å²) in [6, 6.07) is 3.12. The molecule has 6 N–H and O–H groups in total. The van der Waals surface area contributed by atoms with E-state index in [1.165, 1.54) is 6.92 Å². The number of hydrogen-bond acceptors (Lipinski definition) is 12. The van der Waals surface area contributed by atoms with Gasteiger partial charge in [0.05, 0.1) is 20.6 Å². The number of esters is 2. The van der Waals surface area contributed by atoms with Gasteiger partial charge >= 0.3 is 24.0 Å². The number of rotatable bonds is 19. The first-order valence-corrected chi connectivity index (χ1v) is 14.6. The van der Waals surface area contributed by atoms with Crippen LogP contribution >= 0.6 is 12.6 Å². The van der Waals surface area contributed by atoms with Crippen molar-refractivity contribution in [3.63, 3.8) is 0 Å². The molecule has 0 aliphatic heterocycles. The highest BCUT2D eigenvalue weighted by atomic mass is 32.1. The first kappa shape index (κ1) is 39.2. The first-order chi connectivity index (χ1) is 21.8. The zero-order chi connectivity index (χ0) is 34.6. The summed E-state index contributed by atoms with van der Waals surface area (Å²) in [5.41, 5.74) is 0.718. The normalized spacial score (nSPS) is 13.0. The van der Waals surface area contributed by atoms with E-state index in [2.05, 4.69) is 48.7 Å². The van der Waals surface area contributed by atoms with Crippen LogP contribution in [0.4, 0.5) is 4.79 Å². The molecular weight excluding hydrogens is 630 g/mol. The van der Waals surface area contributed by atoms with E-state index in [4.69, 9.17) is 4.74 Å². The minimum absolute atomic E-state index is 0.0228. The van der Waals surface area contributed by atoms with E-state index >= 15 is 0 Å². The molecule has 1 aromatic rings. The number of thiol groups is 1. The van der Waals surface area contributed by atoms with Crippen molar-refractivity contribution in [3.8, 4) is 0 Å². The van der Waals surface area contributed by atoms with Crippen molar-refractivity contribution < 1.29 is 57.7 Å². The number of hydrogen-bond donors (Lipinski definition) is 7. The maximum absolute atomic E-state index is 13.2. The lowest BCUT2D eigenvalue weighted by atomic mass is 10.1. The molecule has 1 rings (SSSR count). The Labute approximate surface area is 270 Å². The van der Waals surface area contributed by atoms with Crippen LogP contribution in [0.25, 0.3) is 0 Å². The fourth-order valence-corrected chi connectivity index (χ4v) is 3.87. The highest BCUT2D eigenvalue weighted by Crippen LogP contribution is 2.05. The number of methoxy groups -OCH3 is 2. The smallest absolute Gasteiger partial charge is 0.407 e. The van der Waals surface area contributed by atoms with Gasteiger partial charge in [0, 0.05) is 12.2 Å². The Morgan fingerprint density at radius 2 is 1.35 bits per heavy atom. The third kappa shape index (κ3) is 14.7. The average molecular weight is 670 g/mol. The average Bonchev–Trinajstić information content (AvgIpc) is 3.05. The maximum atomic E-state index is 13.2. The van der Waals surface area contributed by atoms with Gasteiger partial charge in [-0.2, -0.15) is 12.6 Å². The quantitative estimate of drug-likeness (QED) is 0.0521. The molecule has 5 amide bonds. The predicted molar refractivity (Wildman–Crippen MR) is 162 cm³/mol. The lowest BCUT2D eigenvalue weighted by Crippen LogP contribution is -2.58. The Hall–Kier alpha value is -4.87. The number of carboxylic acid groups (broad SMARTS) is 1. The predicted octanol–water partition coefficient (Wildman–Crippen LogP) is -1.21. The molecule has 0 saturated carbocycles. The fourth-order valence-electron chi connectivity index (χ4n) is 3.62. The van der Waals surface area contributed by atoms with Gasteiger partial charge < -0.3 is 45.9 Å². The molecule has 0 aliphatic rings. The van der Waals surface area contributed by atoms with E-state index < -0.39 is 84.8 Å². The van der Waals surface area contributed by atoms with Gasteiger partial charge in [0.25, 0.3) is 0 Å². The Morgan fingerprint density at radius 3 is 1.91 bits per heavy atom. The molecule has 18 heteroatoms. The summed E-state index contributed by atoms with van der Waals surface area (Å²) in [7, 11) is 2.18. The van der Waals surface area contributed by atoms with Crippen LogP contribution in [0, 0.1) is 0 Å². The fraction of sp³-hybridized carbons (Fsp3) is 0.500. The maximum Gasteiger partial charge on any atom is 0.407 e. The molecule has 0 radical (unpaired) electrons. The van der Waals surface area contributed by atoms with Gasteiger partial charge in [-0.05, 0) is 18.4 Å². The molecule has 0 saturated heterocycles. The number of carbonyl (C=O) groups is 8. The zero-order valence-electron chi connectivity index (χ0n) is 25.5. The molecule has 0 aliphatic carbocycles. The molecule has 1 aromatic carbocycles. The molecule has 0 unspecified atom stereocenters. The Kier molecular flexibility index (Phi) is 17.8. The van der Waals surface area contributed by atoms with Gasteiger partial charge in [-0.3, -0.25) is 28.8 Å². The van der Waals surface area contributed by atoms with E-state index in [0.29, 0.717) is 0 Å². The minimum Gasteiger partial charge on any atom is -0.480 e. The standard InChI is InChI=1S/C28H39N5O12S/c1-4-17(24(37)32-19(12-23(36)44-3)26(39)33-20(15-46)27(40)41)31-25(38)18(10-11-22(35)43-2)30-21(34)13-29-28(42)45-14-16-8-6-5-7-9-16/h5-9,17-20,46H,4,10-15H2,1-3H3,(H,29,42)(H,30,34)(H,31,38)(H,32,37)(H,33,39)(H,40,41)/t17-,18-,19-,20+/m0/s1. The second kappa shape index (κ2) is 21.0. The third-order valence-electron chi connectivity index (χ3n) is 6.19. The van der Waals surface area contributed by atoms with Gasteiger partial charge in [-0.1, -0.05) is 37.3 Å². The van der Waals surface area contributed by atoms with Crippen LogP contribution in [0.15, 0.2) is 30.3 Å². The van der Waals surface area contributed by atoms with Crippen molar-refractivity contribution in [2.24, 2.45) is 0 Å². The Bertz CT molecular complexity index is 1230. The number of ether oxygens (including phenoxy) is 3. The largest absolute Gasteiger partial charge is 0.480 e. The van der Waals surface area contributed by atoms with Crippen LogP contribution in [-0.2, 0) is 54.4 Å². The molecule has 0 heterocycles.